The largest absolute Gasteiger partial charge is 0.497 e. The molecular formula is C18H18ClN3OS. The predicted octanol–water partition coefficient (Wildman–Crippen LogP) is 4.92. The molecule has 0 N–H and O–H groups in total. The molecule has 3 rings (SSSR count). The van der Waals surface area contributed by atoms with Crippen LogP contribution in [0, 0.1) is 0 Å². The van der Waals surface area contributed by atoms with Crippen molar-refractivity contribution in [1.29, 1.82) is 0 Å². The van der Waals surface area contributed by atoms with Crippen molar-refractivity contribution in [3.63, 3.8) is 0 Å². The third-order valence-electron chi connectivity index (χ3n) is 3.62. The van der Waals surface area contributed by atoms with E-state index in [1.54, 1.807) is 18.9 Å². The molecule has 0 bridgehead atoms. The summed E-state index contributed by atoms with van der Waals surface area (Å²) >= 11 is 7.70. The highest BCUT2D eigenvalue weighted by Crippen LogP contribution is 2.28. The highest BCUT2D eigenvalue weighted by atomic mass is 35.5. The molecule has 0 aliphatic heterocycles. The second-order valence-corrected chi connectivity index (χ2v) is 6.58. The van der Waals surface area contributed by atoms with Crippen molar-refractivity contribution in [3.8, 4) is 17.1 Å². The van der Waals surface area contributed by atoms with E-state index < -0.39 is 0 Å². The number of hydrogen-bond acceptors (Lipinski definition) is 4. The molecule has 24 heavy (non-hydrogen) atoms. The molecule has 0 spiro atoms. The van der Waals surface area contributed by atoms with E-state index in [9.17, 15) is 0 Å². The average Bonchev–Trinajstić information content (AvgIpc) is 3.03. The lowest BCUT2D eigenvalue weighted by atomic mass is 10.2. The summed E-state index contributed by atoms with van der Waals surface area (Å²) in [5, 5.41) is 10.4. The minimum absolute atomic E-state index is 0.752. The lowest BCUT2D eigenvalue weighted by molar-refractivity contribution is 0.415. The lowest BCUT2D eigenvalue weighted by Crippen LogP contribution is -2.00. The molecule has 0 saturated heterocycles. The van der Waals surface area contributed by atoms with Crippen molar-refractivity contribution in [1.82, 2.24) is 14.8 Å². The Hall–Kier alpha value is -1.98. The number of benzene rings is 2. The number of nitrogens with zero attached hydrogens (tertiary/aromatic N) is 3. The first kappa shape index (κ1) is 16.9. The Balaban J connectivity index is 1.84. The minimum atomic E-state index is 0.752. The molecule has 0 radical (unpaired) electrons. The summed E-state index contributed by atoms with van der Waals surface area (Å²) in [7, 11) is 1.66. The molecular weight excluding hydrogens is 342 g/mol. The van der Waals surface area contributed by atoms with Gasteiger partial charge in [-0.1, -0.05) is 47.6 Å². The minimum Gasteiger partial charge on any atom is -0.497 e. The number of ether oxygens (including phenoxy) is 1. The van der Waals surface area contributed by atoms with Crippen LogP contribution in [0.5, 0.6) is 5.75 Å². The molecule has 1 heterocycles. The number of hydrogen-bond donors (Lipinski definition) is 0. The summed E-state index contributed by atoms with van der Waals surface area (Å²) in [4.78, 5) is 0. The quantitative estimate of drug-likeness (QED) is 0.586. The monoisotopic (exact) mass is 359 g/mol. The lowest BCUT2D eigenvalue weighted by Gasteiger charge is -2.08. The fourth-order valence-electron chi connectivity index (χ4n) is 2.43. The van der Waals surface area contributed by atoms with Crippen molar-refractivity contribution in [2.24, 2.45) is 0 Å². The zero-order valence-corrected chi connectivity index (χ0v) is 15.1. The first-order valence-corrected chi connectivity index (χ1v) is 9.02. The number of rotatable bonds is 6. The second kappa shape index (κ2) is 7.73. The van der Waals surface area contributed by atoms with Gasteiger partial charge in [0.1, 0.15) is 5.75 Å². The summed E-state index contributed by atoms with van der Waals surface area (Å²) < 4.78 is 7.41. The summed E-state index contributed by atoms with van der Waals surface area (Å²) in [6, 6.07) is 15.8. The Morgan fingerprint density at radius 3 is 2.71 bits per heavy atom. The van der Waals surface area contributed by atoms with Crippen LogP contribution in [0.4, 0.5) is 0 Å². The van der Waals surface area contributed by atoms with Crippen LogP contribution in [-0.4, -0.2) is 21.9 Å². The van der Waals surface area contributed by atoms with E-state index in [2.05, 4.69) is 27.8 Å². The fraction of sp³-hybridized carbons (Fsp3) is 0.222. The Kier molecular flexibility index (Phi) is 5.43. The van der Waals surface area contributed by atoms with Crippen LogP contribution < -0.4 is 4.74 Å². The Labute approximate surface area is 150 Å². The molecule has 0 aliphatic carbocycles. The van der Waals surface area contributed by atoms with Gasteiger partial charge in [-0.3, -0.25) is 0 Å². The third kappa shape index (κ3) is 3.74. The molecule has 0 aliphatic rings. The highest BCUT2D eigenvalue weighted by molar-refractivity contribution is 7.98. The molecule has 3 aromatic rings. The van der Waals surface area contributed by atoms with Crippen molar-refractivity contribution >= 4 is 23.4 Å². The van der Waals surface area contributed by atoms with Crippen LogP contribution in [-0.2, 0) is 12.3 Å². The smallest absolute Gasteiger partial charge is 0.191 e. The number of halogens is 1. The van der Waals surface area contributed by atoms with Gasteiger partial charge in [-0.05, 0) is 36.8 Å². The zero-order valence-electron chi connectivity index (χ0n) is 13.6. The molecule has 124 valence electrons. The van der Waals surface area contributed by atoms with Crippen molar-refractivity contribution < 1.29 is 4.74 Å². The molecule has 0 amide bonds. The fourth-order valence-corrected chi connectivity index (χ4v) is 3.59. The maximum absolute atomic E-state index is 6.04. The SMILES string of the molecule is CCn1c(SCc2cccc(Cl)c2)nnc1-c1cccc(OC)c1. The average molecular weight is 360 g/mol. The second-order valence-electron chi connectivity index (χ2n) is 5.20. The van der Waals surface area contributed by atoms with Gasteiger partial charge in [-0.25, -0.2) is 0 Å². The maximum atomic E-state index is 6.04. The summed E-state index contributed by atoms with van der Waals surface area (Å²) in [5.74, 6) is 2.47. The van der Waals surface area contributed by atoms with Crippen LogP contribution in [0.2, 0.25) is 5.02 Å². The zero-order chi connectivity index (χ0) is 16.9. The summed E-state index contributed by atoms with van der Waals surface area (Å²) in [5.41, 5.74) is 2.17. The van der Waals surface area contributed by atoms with Crippen LogP contribution >= 0.6 is 23.4 Å². The molecule has 4 nitrogen and oxygen atoms in total. The van der Waals surface area contributed by atoms with E-state index in [1.165, 1.54) is 5.56 Å². The molecule has 2 aromatic carbocycles. The summed E-state index contributed by atoms with van der Waals surface area (Å²) in [6.45, 7) is 2.90. The highest BCUT2D eigenvalue weighted by Gasteiger charge is 2.13. The van der Waals surface area contributed by atoms with Gasteiger partial charge < -0.3 is 9.30 Å². The number of methoxy groups -OCH3 is 1. The van der Waals surface area contributed by atoms with Gasteiger partial charge in [-0.2, -0.15) is 0 Å². The van der Waals surface area contributed by atoms with Crippen molar-refractivity contribution in [2.45, 2.75) is 24.4 Å². The van der Waals surface area contributed by atoms with E-state index in [0.717, 1.165) is 39.6 Å². The van der Waals surface area contributed by atoms with E-state index in [4.69, 9.17) is 16.3 Å². The maximum Gasteiger partial charge on any atom is 0.191 e. The number of thioether (sulfide) groups is 1. The predicted molar refractivity (Wildman–Crippen MR) is 98.7 cm³/mol. The standard InChI is InChI=1S/C18H18ClN3OS/c1-3-22-17(14-7-5-9-16(11-14)23-2)20-21-18(22)24-12-13-6-4-8-15(19)10-13/h4-11H,3,12H2,1-2H3. The first-order valence-electron chi connectivity index (χ1n) is 7.66. The first-order chi connectivity index (χ1) is 11.7. The van der Waals surface area contributed by atoms with Gasteiger partial charge in [-0.15, -0.1) is 10.2 Å². The van der Waals surface area contributed by atoms with Crippen molar-refractivity contribution in [2.75, 3.05) is 7.11 Å². The summed E-state index contributed by atoms with van der Waals surface area (Å²) in [6.07, 6.45) is 0. The van der Waals surface area contributed by atoms with Crippen LogP contribution in [0.25, 0.3) is 11.4 Å². The van der Waals surface area contributed by atoms with E-state index in [0.29, 0.717) is 0 Å². The van der Waals surface area contributed by atoms with Crippen LogP contribution in [0.3, 0.4) is 0 Å². The molecule has 0 saturated carbocycles. The van der Waals surface area contributed by atoms with Gasteiger partial charge >= 0.3 is 0 Å². The Bertz CT molecular complexity index is 835. The molecule has 6 heteroatoms. The molecule has 0 atom stereocenters. The third-order valence-corrected chi connectivity index (χ3v) is 4.89. The van der Waals surface area contributed by atoms with E-state index in [-0.39, 0.29) is 0 Å². The van der Waals surface area contributed by atoms with E-state index in [1.807, 2.05) is 42.5 Å². The normalized spacial score (nSPS) is 10.8. The molecule has 1 aromatic heterocycles. The van der Waals surface area contributed by atoms with Gasteiger partial charge in [0.25, 0.3) is 0 Å². The van der Waals surface area contributed by atoms with Gasteiger partial charge in [0, 0.05) is 22.9 Å². The molecule has 0 unspecified atom stereocenters. The van der Waals surface area contributed by atoms with Crippen LogP contribution in [0.1, 0.15) is 12.5 Å². The van der Waals surface area contributed by atoms with Gasteiger partial charge in [0.15, 0.2) is 11.0 Å². The number of aromatic nitrogens is 3. The topological polar surface area (TPSA) is 39.9 Å². The van der Waals surface area contributed by atoms with Crippen molar-refractivity contribution in [3.05, 3.63) is 59.1 Å². The van der Waals surface area contributed by atoms with E-state index >= 15 is 0 Å². The Morgan fingerprint density at radius 2 is 1.96 bits per heavy atom. The van der Waals surface area contributed by atoms with Crippen LogP contribution in [0.15, 0.2) is 53.7 Å². The molecule has 0 fully saturated rings. The van der Waals surface area contributed by atoms with Gasteiger partial charge in [0.05, 0.1) is 7.11 Å². The van der Waals surface area contributed by atoms with Gasteiger partial charge in [0.2, 0.25) is 0 Å². The Morgan fingerprint density at radius 1 is 1.12 bits per heavy atom.